The second-order valence-corrected chi connectivity index (χ2v) is 5.89. The zero-order chi connectivity index (χ0) is 19.2. The van der Waals surface area contributed by atoms with Crippen LogP contribution in [0.1, 0.15) is 21.6 Å². The average Bonchev–Trinajstić information content (AvgIpc) is 2.73. The van der Waals surface area contributed by atoms with Crippen LogP contribution in [0.4, 0.5) is 0 Å². The van der Waals surface area contributed by atoms with Gasteiger partial charge in [-0.15, -0.1) is 0 Å². The molecule has 0 radical (unpaired) electrons. The fourth-order valence-corrected chi connectivity index (χ4v) is 2.87. The van der Waals surface area contributed by atoms with Crippen molar-refractivity contribution in [2.45, 2.75) is 6.42 Å². The highest BCUT2D eigenvalue weighted by molar-refractivity contribution is 5.96. The molecule has 0 aliphatic rings. The van der Waals surface area contributed by atoms with Crippen LogP contribution in [-0.4, -0.2) is 37.1 Å². The summed E-state index contributed by atoms with van der Waals surface area (Å²) in [5.41, 5.74) is 4.06. The van der Waals surface area contributed by atoms with Crippen molar-refractivity contribution in [2.75, 3.05) is 21.3 Å². The number of aromatic nitrogens is 2. The van der Waals surface area contributed by atoms with Gasteiger partial charge in [0, 0.05) is 24.7 Å². The molecule has 0 spiro atoms. The lowest BCUT2D eigenvalue weighted by Crippen LogP contribution is -2.18. The summed E-state index contributed by atoms with van der Waals surface area (Å²) in [6, 6.07) is 15.2. The highest BCUT2D eigenvalue weighted by atomic mass is 16.5. The van der Waals surface area contributed by atoms with Gasteiger partial charge in [-0.2, -0.15) is 0 Å². The number of benzene rings is 2. The van der Waals surface area contributed by atoms with E-state index in [9.17, 15) is 4.79 Å². The Morgan fingerprint density at radius 1 is 1.00 bits per heavy atom. The third-order valence-corrected chi connectivity index (χ3v) is 4.23. The number of methoxy groups -OCH3 is 2. The van der Waals surface area contributed by atoms with Crippen LogP contribution in [0.2, 0.25) is 0 Å². The van der Waals surface area contributed by atoms with Crippen LogP contribution in [0.15, 0.2) is 54.9 Å². The molecule has 0 atom stereocenters. The number of hydrogen-bond donors (Lipinski definition) is 1. The molecule has 0 aliphatic heterocycles. The lowest BCUT2D eigenvalue weighted by Gasteiger charge is -2.11. The van der Waals surface area contributed by atoms with Gasteiger partial charge in [0.1, 0.15) is 17.8 Å². The topological polar surface area (TPSA) is 73.3 Å². The van der Waals surface area contributed by atoms with E-state index in [1.165, 1.54) is 0 Å². The molecule has 1 amide bonds. The van der Waals surface area contributed by atoms with Crippen molar-refractivity contribution >= 4 is 5.91 Å². The van der Waals surface area contributed by atoms with Crippen LogP contribution in [0.3, 0.4) is 0 Å². The monoisotopic (exact) mass is 363 g/mol. The van der Waals surface area contributed by atoms with Crippen LogP contribution in [0.25, 0.3) is 11.3 Å². The Morgan fingerprint density at radius 3 is 2.52 bits per heavy atom. The highest BCUT2D eigenvalue weighted by Gasteiger charge is 2.13. The molecule has 6 nitrogen and oxygen atoms in total. The van der Waals surface area contributed by atoms with E-state index in [1.807, 2.05) is 42.5 Å². The summed E-state index contributed by atoms with van der Waals surface area (Å²) >= 11 is 0. The first-order chi connectivity index (χ1) is 13.2. The molecule has 1 aromatic heterocycles. The van der Waals surface area contributed by atoms with Gasteiger partial charge in [-0.25, -0.2) is 9.97 Å². The van der Waals surface area contributed by atoms with E-state index in [0.717, 1.165) is 28.3 Å². The van der Waals surface area contributed by atoms with E-state index in [4.69, 9.17) is 9.47 Å². The Kier molecular flexibility index (Phi) is 5.66. The zero-order valence-electron chi connectivity index (χ0n) is 15.5. The number of ether oxygens (including phenoxy) is 2. The molecule has 0 bridgehead atoms. The van der Waals surface area contributed by atoms with Crippen molar-refractivity contribution < 1.29 is 14.3 Å². The van der Waals surface area contributed by atoms with E-state index in [0.29, 0.717) is 17.7 Å². The lowest BCUT2D eigenvalue weighted by molar-refractivity contribution is 0.0960. The molecule has 1 N–H and O–H groups in total. The van der Waals surface area contributed by atoms with Gasteiger partial charge in [0.25, 0.3) is 5.91 Å². The van der Waals surface area contributed by atoms with Gasteiger partial charge in [0.15, 0.2) is 0 Å². The molecule has 0 saturated carbocycles. The minimum atomic E-state index is -0.182. The third kappa shape index (κ3) is 4.06. The van der Waals surface area contributed by atoms with Gasteiger partial charge in [-0.05, 0) is 35.9 Å². The third-order valence-electron chi connectivity index (χ3n) is 4.23. The normalized spacial score (nSPS) is 10.3. The van der Waals surface area contributed by atoms with Crippen molar-refractivity contribution in [1.82, 2.24) is 15.3 Å². The molecular weight excluding hydrogens is 342 g/mol. The predicted octanol–water partition coefficient (Wildman–Crippen LogP) is 3.11. The van der Waals surface area contributed by atoms with Crippen molar-refractivity contribution in [2.24, 2.45) is 0 Å². The number of nitrogens with zero attached hydrogens (tertiary/aromatic N) is 2. The van der Waals surface area contributed by atoms with Crippen LogP contribution in [0.5, 0.6) is 11.5 Å². The standard InChI is InChI=1S/C21H21N3O3/c1-22-21(25)17-9-8-14(11-20(17)27-3)10-15-12-18(24-13-23-15)16-6-4-5-7-19(16)26-2/h4-9,11-13H,10H2,1-3H3,(H,22,25). The molecule has 1 heterocycles. The predicted molar refractivity (Wildman–Crippen MR) is 103 cm³/mol. The largest absolute Gasteiger partial charge is 0.496 e. The van der Waals surface area contributed by atoms with Gasteiger partial charge < -0.3 is 14.8 Å². The highest BCUT2D eigenvalue weighted by Crippen LogP contribution is 2.28. The second kappa shape index (κ2) is 8.31. The van der Waals surface area contributed by atoms with Crippen LogP contribution >= 0.6 is 0 Å². The van der Waals surface area contributed by atoms with Crippen molar-refractivity contribution in [1.29, 1.82) is 0 Å². The second-order valence-electron chi connectivity index (χ2n) is 5.89. The number of amides is 1. The molecule has 138 valence electrons. The molecule has 3 aromatic rings. The Balaban J connectivity index is 1.90. The Bertz CT molecular complexity index is 957. The maximum Gasteiger partial charge on any atom is 0.254 e. The molecule has 2 aromatic carbocycles. The number of hydrogen-bond acceptors (Lipinski definition) is 5. The summed E-state index contributed by atoms with van der Waals surface area (Å²) in [7, 11) is 4.78. The molecular formula is C21H21N3O3. The summed E-state index contributed by atoms with van der Waals surface area (Å²) in [6.07, 6.45) is 2.14. The van der Waals surface area contributed by atoms with E-state index in [1.54, 1.807) is 33.7 Å². The van der Waals surface area contributed by atoms with Crippen LogP contribution in [0, 0.1) is 0 Å². The van der Waals surface area contributed by atoms with Gasteiger partial charge in [-0.3, -0.25) is 4.79 Å². The average molecular weight is 363 g/mol. The van der Waals surface area contributed by atoms with Crippen molar-refractivity contribution in [3.8, 4) is 22.8 Å². The minimum Gasteiger partial charge on any atom is -0.496 e. The van der Waals surface area contributed by atoms with Crippen LogP contribution in [-0.2, 0) is 6.42 Å². The first kappa shape index (κ1) is 18.4. The van der Waals surface area contributed by atoms with Crippen molar-refractivity contribution in [3.63, 3.8) is 0 Å². The van der Waals surface area contributed by atoms with Gasteiger partial charge >= 0.3 is 0 Å². The zero-order valence-corrected chi connectivity index (χ0v) is 15.5. The fraction of sp³-hybridized carbons (Fsp3) is 0.190. The number of nitrogens with one attached hydrogen (secondary N) is 1. The Morgan fingerprint density at radius 2 is 1.78 bits per heavy atom. The van der Waals surface area contributed by atoms with E-state index >= 15 is 0 Å². The SMILES string of the molecule is CNC(=O)c1ccc(Cc2cc(-c3ccccc3OC)ncn2)cc1OC. The fourth-order valence-electron chi connectivity index (χ4n) is 2.87. The summed E-state index contributed by atoms with van der Waals surface area (Å²) in [5, 5.41) is 2.61. The summed E-state index contributed by atoms with van der Waals surface area (Å²) in [5.74, 6) is 1.11. The Hall–Kier alpha value is -3.41. The molecule has 27 heavy (non-hydrogen) atoms. The summed E-state index contributed by atoms with van der Waals surface area (Å²) < 4.78 is 10.8. The number of carbonyl (C=O) groups excluding carboxylic acids is 1. The van der Waals surface area contributed by atoms with Crippen molar-refractivity contribution in [3.05, 3.63) is 71.7 Å². The quantitative estimate of drug-likeness (QED) is 0.728. The Labute approximate surface area is 158 Å². The van der Waals surface area contributed by atoms with Gasteiger partial charge in [0.2, 0.25) is 0 Å². The number of para-hydroxylation sites is 1. The first-order valence-corrected chi connectivity index (χ1v) is 8.49. The smallest absolute Gasteiger partial charge is 0.254 e. The summed E-state index contributed by atoms with van der Waals surface area (Å²) in [6.45, 7) is 0. The maximum atomic E-state index is 11.9. The molecule has 0 saturated heterocycles. The van der Waals surface area contributed by atoms with Gasteiger partial charge in [0.05, 0.1) is 25.5 Å². The molecule has 0 fully saturated rings. The lowest BCUT2D eigenvalue weighted by atomic mass is 10.0. The number of rotatable bonds is 6. The maximum absolute atomic E-state index is 11.9. The van der Waals surface area contributed by atoms with E-state index < -0.39 is 0 Å². The van der Waals surface area contributed by atoms with E-state index in [-0.39, 0.29) is 5.91 Å². The minimum absolute atomic E-state index is 0.182. The molecule has 3 rings (SSSR count). The molecule has 6 heteroatoms. The van der Waals surface area contributed by atoms with Gasteiger partial charge in [-0.1, -0.05) is 18.2 Å². The molecule has 0 aliphatic carbocycles. The summed E-state index contributed by atoms with van der Waals surface area (Å²) in [4.78, 5) is 20.6. The van der Waals surface area contributed by atoms with E-state index in [2.05, 4.69) is 15.3 Å². The molecule has 0 unspecified atom stereocenters. The van der Waals surface area contributed by atoms with Crippen LogP contribution < -0.4 is 14.8 Å². The first-order valence-electron chi connectivity index (χ1n) is 8.49. The number of carbonyl (C=O) groups is 1.